The summed E-state index contributed by atoms with van der Waals surface area (Å²) >= 11 is 3.55. The van der Waals surface area contributed by atoms with Crippen molar-refractivity contribution < 1.29 is 0 Å². The maximum atomic E-state index is 4.51. The lowest BCUT2D eigenvalue weighted by Crippen LogP contribution is -2.37. The van der Waals surface area contributed by atoms with Crippen molar-refractivity contribution in [2.45, 2.75) is 44.6 Å². The van der Waals surface area contributed by atoms with Gasteiger partial charge in [0.25, 0.3) is 0 Å². The van der Waals surface area contributed by atoms with Crippen LogP contribution in [0, 0.1) is 13.8 Å². The van der Waals surface area contributed by atoms with E-state index in [9.17, 15) is 0 Å². The first-order chi connectivity index (χ1) is 12.1. The van der Waals surface area contributed by atoms with E-state index in [2.05, 4.69) is 57.4 Å². The Bertz CT molecular complexity index is 701. The van der Waals surface area contributed by atoms with E-state index in [1.807, 2.05) is 14.0 Å². The van der Waals surface area contributed by atoms with Gasteiger partial charge >= 0.3 is 0 Å². The average Bonchev–Trinajstić information content (AvgIpc) is 3.03. The third kappa shape index (κ3) is 7.84. The Hall–Kier alpha value is -0.800. The van der Waals surface area contributed by atoms with Gasteiger partial charge in [-0.2, -0.15) is 0 Å². The number of nitrogens with one attached hydrogen (secondary N) is 2. The van der Waals surface area contributed by atoms with E-state index in [0.717, 1.165) is 44.0 Å². The third-order valence-corrected chi connectivity index (χ3v) is 5.74. The molecule has 0 amide bonds. The smallest absolute Gasteiger partial charge is 0.191 e. The number of thiazole rings is 1. The highest BCUT2D eigenvalue weighted by atomic mass is 127. The summed E-state index contributed by atoms with van der Waals surface area (Å²) < 4.78 is 0. The molecule has 0 bridgehead atoms. The number of aryl methyl sites for hydroxylation is 3. The predicted molar refractivity (Wildman–Crippen MR) is 126 cm³/mol. The number of thioether (sulfide) groups is 1. The minimum absolute atomic E-state index is 0. The van der Waals surface area contributed by atoms with Gasteiger partial charge in [-0.15, -0.1) is 47.1 Å². The number of aromatic nitrogens is 1. The van der Waals surface area contributed by atoms with Crippen LogP contribution in [-0.4, -0.2) is 30.8 Å². The molecule has 144 valence electrons. The van der Waals surface area contributed by atoms with E-state index in [1.54, 1.807) is 23.1 Å². The van der Waals surface area contributed by atoms with Crippen LogP contribution in [0.25, 0.3) is 0 Å². The zero-order chi connectivity index (χ0) is 18.1. The number of hydrogen-bond acceptors (Lipinski definition) is 4. The van der Waals surface area contributed by atoms with E-state index in [4.69, 9.17) is 0 Å². The van der Waals surface area contributed by atoms with Crippen molar-refractivity contribution in [3.05, 3.63) is 45.4 Å². The van der Waals surface area contributed by atoms with Gasteiger partial charge in [-0.1, -0.05) is 12.1 Å². The Morgan fingerprint density at radius 2 is 2.04 bits per heavy atom. The van der Waals surface area contributed by atoms with Gasteiger partial charge in [0.05, 0.1) is 5.01 Å². The summed E-state index contributed by atoms with van der Waals surface area (Å²) in [6, 6.07) is 6.59. The Balaban J connectivity index is 0.00000338. The Morgan fingerprint density at radius 3 is 2.69 bits per heavy atom. The molecule has 0 fully saturated rings. The lowest BCUT2D eigenvalue weighted by molar-refractivity contribution is 0.691. The van der Waals surface area contributed by atoms with Crippen molar-refractivity contribution in [1.29, 1.82) is 0 Å². The highest BCUT2D eigenvalue weighted by Crippen LogP contribution is 2.21. The van der Waals surface area contributed by atoms with Gasteiger partial charge in [-0.3, -0.25) is 4.99 Å². The molecule has 0 radical (unpaired) electrons. The van der Waals surface area contributed by atoms with Crippen molar-refractivity contribution in [1.82, 2.24) is 15.6 Å². The Kier molecular flexibility index (Phi) is 11.2. The lowest BCUT2D eigenvalue weighted by Gasteiger charge is -2.14. The number of rotatable bonds is 8. The summed E-state index contributed by atoms with van der Waals surface area (Å²) in [5, 5.41) is 10.2. The standard InChI is InChI=1S/C19H28N4S2.HI/c1-14-8-9-16(17(11-14)24-4)12-22-19(20-3)21-10-6-5-7-18-23-15(2)13-25-18;/h8-9,11,13H,5-7,10,12H2,1-4H3,(H2,20,21,22);1H. The lowest BCUT2D eigenvalue weighted by atomic mass is 10.1. The van der Waals surface area contributed by atoms with Crippen LogP contribution in [-0.2, 0) is 13.0 Å². The second-order valence-corrected chi connectivity index (χ2v) is 7.80. The molecule has 0 saturated carbocycles. The maximum absolute atomic E-state index is 4.51. The Morgan fingerprint density at radius 1 is 1.23 bits per heavy atom. The van der Waals surface area contributed by atoms with E-state index >= 15 is 0 Å². The molecule has 0 aliphatic rings. The molecule has 0 aliphatic carbocycles. The molecule has 0 spiro atoms. The second kappa shape index (κ2) is 12.6. The van der Waals surface area contributed by atoms with Crippen LogP contribution in [0.4, 0.5) is 0 Å². The molecule has 4 nitrogen and oxygen atoms in total. The molecule has 0 unspecified atom stereocenters. The van der Waals surface area contributed by atoms with E-state index in [0.29, 0.717) is 0 Å². The van der Waals surface area contributed by atoms with Gasteiger partial charge in [0.2, 0.25) is 0 Å². The molecule has 26 heavy (non-hydrogen) atoms. The molecule has 2 rings (SSSR count). The van der Waals surface area contributed by atoms with Crippen molar-refractivity contribution in [3.63, 3.8) is 0 Å². The summed E-state index contributed by atoms with van der Waals surface area (Å²) in [5.74, 6) is 0.859. The predicted octanol–water partition coefficient (Wildman–Crippen LogP) is 4.79. The van der Waals surface area contributed by atoms with Crippen LogP contribution in [0.5, 0.6) is 0 Å². The molecule has 7 heteroatoms. The molecule has 0 atom stereocenters. The number of unbranched alkanes of at least 4 members (excludes halogenated alkanes) is 1. The maximum Gasteiger partial charge on any atom is 0.191 e. The van der Waals surface area contributed by atoms with Crippen LogP contribution in [0.2, 0.25) is 0 Å². The van der Waals surface area contributed by atoms with Gasteiger partial charge in [0.1, 0.15) is 0 Å². The van der Waals surface area contributed by atoms with Gasteiger partial charge in [0.15, 0.2) is 5.96 Å². The summed E-state index contributed by atoms with van der Waals surface area (Å²) in [5.41, 5.74) is 3.73. The van der Waals surface area contributed by atoms with E-state index < -0.39 is 0 Å². The number of aliphatic imine (C=N–C) groups is 1. The first kappa shape index (κ1) is 23.2. The quantitative estimate of drug-likeness (QED) is 0.179. The first-order valence-corrected chi connectivity index (χ1v) is 10.7. The van der Waals surface area contributed by atoms with Gasteiger partial charge in [-0.25, -0.2) is 4.98 Å². The molecule has 2 N–H and O–H groups in total. The SMILES string of the molecule is CN=C(NCCCCc1nc(C)cs1)NCc1ccc(C)cc1SC.I. The fourth-order valence-electron chi connectivity index (χ4n) is 2.52. The second-order valence-electron chi connectivity index (χ2n) is 6.01. The molecule has 1 aromatic heterocycles. The molecular weight excluding hydrogens is 475 g/mol. The first-order valence-electron chi connectivity index (χ1n) is 8.61. The van der Waals surface area contributed by atoms with Crippen LogP contribution in [0.3, 0.4) is 0 Å². The molecule has 0 saturated heterocycles. The van der Waals surface area contributed by atoms with Gasteiger partial charge in [0, 0.05) is 36.1 Å². The molecule has 0 aliphatic heterocycles. The number of nitrogens with zero attached hydrogens (tertiary/aromatic N) is 2. The number of guanidine groups is 1. The van der Waals surface area contributed by atoms with Crippen LogP contribution in [0.1, 0.15) is 34.7 Å². The zero-order valence-electron chi connectivity index (χ0n) is 16.0. The van der Waals surface area contributed by atoms with Crippen LogP contribution < -0.4 is 10.6 Å². The van der Waals surface area contributed by atoms with Gasteiger partial charge < -0.3 is 10.6 Å². The highest BCUT2D eigenvalue weighted by molar-refractivity contribution is 14.0. The average molecular weight is 505 g/mol. The van der Waals surface area contributed by atoms with Gasteiger partial charge in [-0.05, 0) is 56.6 Å². The summed E-state index contributed by atoms with van der Waals surface area (Å²) in [7, 11) is 1.82. The van der Waals surface area contributed by atoms with Crippen molar-refractivity contribution in [3.8, 4) is 0 Å². The number of benzene rings is 1. The Labute approximate surface area is 182 Å². The highest BCUT2D eigenvalue weighted by Gasteiger charge is 2.04. The molecule has 1 heterocycles. The minimum atomic E-state index is 0. The van der Waals surface area contributed by atoms with Crippen LogP contribution >= 0.6 is 47.1 Å². The summed E-state index contributed by atoms with van der Waals surface area (Å²) in [6.45, 7) is 5.89. The molecular formula is C19H29IN4S2. The van der Waals surface area contributed by atoms with Crippen molar-refractivity contribution in [2.24, 2.45) is 4.99 Å². The van der Waals surface area contributed by atoms with Crippen molar-refractivity contribution in [2.75, 3.05) is 19.8 Å². The molecule has 1 aromatic carbocycles. The van der Waals surface area contributed by atoms with E-state index in [1.165, 1.54) is 21.0 Å². The number of hydrogen-bond donors (Lipinski definition) is 2. The topological polar surface area (TPSA) is 49.3 Å². The summed E-state index contributed by atoms with van der Waals surface area (Å²) in [4.78, 5) is 10.1. The van der Waals surface area contributed by atoms with E-state index in [-0.39, 0.29) is 24.0 Å². The monoisotopic (exact) mass is 504 g/mol. The summed E-state index contributed by atoms with van der Waals surface area (Å²) in [6.07, 6.45) is 5.44. The van der Waals surface area contributed by atoms with Crippen LogP contribution in [0.15, 0.2) is 33.5 Å². The number of halogens is 1. The van der Waals surface area contributed by atoms with Crippen molar-refractivity contribution >= 4 is 53.0 Å². The fourth-order valence-corrected chi connectivity index (χ4v) is 4.05. The largest absolute Gasteiger partial charge is 0.356 e. The zero-order valence-corrected chi connectivity index (χ0v) is 19.9. The minimum Gasteiger partial charge on any atom is -0.356 e. The normalized spacial score (nSPS) is 11.2. The molecule has 2 aromatic rings. The third-order valence-electron chi connectivity index (χ3n) is 3.89. The fraction of sp³-hybridized carbons (Fsp3) is 0.474.